The lowest BCUT2D eigenvalue weighted by Crippen LogP contribution is -2.31. The molecule has 244 valence electrons. The highest BCUT2D eigenvalue weighted by Crippen LogP contribution is 2.40. The number of benzene rings is 5. The van der Waals surface area contributed by atoms with Crippen LogP contribution in [0.25, 0.3) is 0 Å². The average Bonchev–Trinajstić information content (AvgIpc) is 3.12. The molecule has 0 spiro atoms. The third kappa shape index (κ3) is 8.61. The summed E-state index contributed by atoms with van der Waals surface area (Å²) in [5.41, 5.74) is 3.99. The molecule has 1 aliphatic heterocycles. The Bertz CT molecular complexity index is 1820. The molecule has 0 radical (unpaired) electrons. The minimum atomic E-state index is -0.973. The number of anilines is 2. The number of urea groups is 1. The summed E-state index contributed by atoms with van der Waals surface area (Å²) in [5.74, 6) is 0.936. The molecule has 48 heavy (non-hydrogen) atoms. The SMILES string of the molecule is O=C(Nc1ccc(Oc2ccccc2)cc1)Nc1ccc([C@H]2O[C@@H](CSc3ccccc3C(=O)O)C[C@@H](c3ccc(CO)cc3)O2)cc1. The maximum absolute atomic E-state index is 12.7. The van der Waals surface area contributed by atoms with Crippen LogP contribution in [0.4, 0.5) is 16.2 Å². The number of aliphatic hydroxyl groups is 1. The Morgan fingerprint density at radius 1 is 0.729 bits per heavy atom. The maximum atomic E-state index is 12.7. The number of hydrogen-bond donors (Lipinski definition) is 4. The Kier molecular flexibility index (Phi) is 10.7. The molecule has 1 aliphatic rings. The second kappa shape index (κ2) is 15.6. The molecule has 1 heterocycles. The van der Waals surface area contributed by atoms with Crippen molar-refractivity contribution >= 4 is 35.1 Å². The third-order valence-electron chi connectivity index (χ3n) is 7.69. The van der Waals surface area contributed by atoms with E-state index in [-0.39, 0.29) is 24.4 Å². The van der Waals surface area contributed by atoms with Crippen LogP contribution < -0.4 is 15.4 Å². The van der Waals surface area contributed by atoms with Gasteiger partial charge in [0, 0.05) is 34.0 Å². The summed E-state index contributed by atoms with van der Waals surface area (Å²) in [6.07, 6.45) is -0.659. The number of carbonyl (C=O) groups is 2. The fourth-order valence-electron chi connectivity index (χ4n) is 5.22. The van der Waals surface area contributed by atoms with Gasteiger partial charge in [-0.3, -0.25) is 0 Å². The van der Waals surface area contributed by atoms with Crippen LogP contribution in [0.3, 0.4) is 0 Å². The number of carbonyl (C=O) groups excluding carboxylic acids is 1. The van der Waals surface area contributed by atoms with E-state index in [1.807, 2.05) is 72.8 Å². The summed E-state index contributed by atoms with van der Waals surface area (Å²) in [6.45, 7) is -0.0474. The molecular weight excluding hydrogens is 628 g/mol. The molecule has 5 aromatic rings. The Morgan fingerprint density at radius 2 is 1.33 bits per heavy atom. The molecule has 6 rings (SSSR count). The van der Waals surface area contributed by atoms with Gasteiger partial charge >= 0.3 is 12.0 Å². The molecule has 1 fully saturated rings. The lowest BCUT2D eigenvalue weighted by Gasteiger charge is -2.36. The summed E-state index contributed by atoms with van der Waals surface area (Å²) in [5, 5.41) is 24.8. The Balaban J connectivity index is 1.10. The summed E-state index contributed by atoms with van der Waals surface area (Å²) >= 11 is 1.44. The van der Waals surface area contributed by atoms with E-state index < -0.39 is 18.3 Å². The molecule has 3 atom stereocenters. The first-order chi connectivity index (χ1) is 23.4. The van der Waals surface area contributed by atoms with Crippen molar-refractivity contribution in [3.05, 3.63) is 150 Å². The summed E-state index contributed by atoms with van der Waals surface area (Å²) in [7, 11) is 0. The molecule has 5 aromatic carbocycles. The smallest absolute Gasteiger partial charge is 0.336 e. The molecule has 4 N–H and O–H groups in total. The number of carboxylic acid groups (broad SMARTS) is 1. The minimum Gasteiger partial charge on any atom is -0.478 e. The van der Waals surface area contributed by atoms with Crippen LogP contribution in [0.1, 0.15) is 45.9 Å². The van der Waals surface area contributed by atoms with E-state index in [0.29, 0.717) is 34.2 Å². The Hall–Kier alpha value is -5.13. The van der Waals surface area contributed by atoms with E-state index in [9.17, 15) is 19.8 Å². The van der Waals surface area contributed by atoms with Crippen molar-refractivity contribution in [3.8, 4) is 11.5 Å². The highest BCUT2D eigenvalue weighted by atomic mass is 32.2. The fourth-order valence-corrected chi connectivity index (χ4v) is 6.29. The molecule has 10 heteroatoms. The van der Waals surface area contributed by atoms with Crippen molar-refractivity contribution in [2.45, 2.75) is 36.4 Å². The number of hydrogen-bond acceptors (Lipinski definition) is 7. The van der Waals surface area contributed by atoms with Crippen LogP contribution in [0.15, 0.2) is 132 Å². The van der Waals surface area contributed by atoms with Crippen molar-refractivity contribution in [1.29, 1.82) is 0 Å². The lowest BCUT2D eigenvalue weighted by molar-refractivity contribution is -0.245. The van der Waals surface area contributed by atoms with Gasteiger partial charge in [0.15, 0.2) is 6.29 Å². The van der Waals surface area contributed by atoms with Crippen molar-refractivity contribution in [1.82, 2.24) is 0 Å². The predicted octanol–water partition coefficient (Wildman–Crippen LogP) is 8.65. The van der Waals surface area contributed by atoms with E-state index >= 15 is 0 Å². The summed E-state index contributed by atoms with van der Waals surface area (Å²) in [4.78, 5) is 25.1. The number of amides is 2. The van der Waals surface area contributed by atoms with Crippen molar-refractivity contribution in [3.63, 3.8) is 0 Å². The monoisotopic (exact) mass is 662 g/mol. The van der Waals surface area contributed by atoms with Gasteiger partial charge in [-0.15, -0.1) is 11.8 Å². The van der Waals surface area contributed by atoms with E-state index in [4.69, 9.17) is 14.2 Å². The van der Waals surface area contributed by atoms with Gasteiger partial charge in [0.05, 0.1) is 24.4 Å². The van der Waals surface area contributed by atoms with Crippen LogP contribution in [-0.2, 0) is 16.1 Å². The molecule has 0 bridgehead atoms. The molecule has 1 saturated heterocycles. The van der Waals surface area contributed by atoms with Crippen molar-refractivity contribution in [2.75, 3.05) is 16.4 Å². The van der Waals surface area contributed by atoms with Gasteiger partial charge in [-0.2, -0.15) is 0 Å². The molecule has 0 unspecified atom stereocenters. The van der Waals surface area contributed by atoms with Gasteiger partial charge in [-0.1, -0.05) is 66.7 Å². The first kappa shape index (κ1) is 32.8. The molecule has 0 saturated carbocycles. The highest BCUT2D eigenvalue weighted by Gasteiger charge is 2.32. The predicted molar refractivity (Wildman–Crippen MR) is 185 cm³/mol. The average molecular weight is 663 g/mol. The Morgan fingerprint density at radius 3 is 2.00 bits per heavy atom. The standard InChI is InChI=1S/C38H34N2O7S/c41-23-25-10-12-26(13-11-25)34-22-32(24-48-35-9-5-4-8-33(35)36(42)43)46-37(47-34)27-14-16-28(17-15-27)39-38(44)40-29-18-20-31(21-19-29)45-30-6-2-1-3-7-30/h1-21,32,34,37,41H,22-24H2,(H,42,43)(H2,39,40,44)/t32-,34+,37+/m1/s1. The molecule has 0 aliphatic carbocycles. The van der Waals surface area contributed by atoms with Crippen LogP contribution in [0.2, 0.25) is 0 Å². The number of carboxylic acids is 1. The summed E-state index contributed by atoms with van der Waals surface area (Å²) < 4.78 is 18.6. The summed E-state index contributed by atoms with van der Waals surface area (Å²) in [6, 6.07) is 38.0. The number of nitrogens with one attached hydrogen (secondary N) is 2. The number of thioether (sulfide) groups is 1. The first-order valence-electron chi connectivity index (χ1n) is 15.4. The fraction of sp³-hybridized carbons (Fsp3) is 0.158. The highest BCUT2D eigenvalue weighted by molar-refractivity contribution is 7.99. The van der Waals surface area contributed by atoms with Crippen LogP contribution >= 0.6 is 11.8 Å². The second-order valence-corrected chi connectivity index (χ2v) is 12.2. The van der Waals surface area contributed by atoms with Gasteiger partial charge in [-0.25, -0.2) is 9.59 Å². The van der Waals surface area contributed by atoms with Gasteiger partial charge in [-0.05, 0) is 71.8 Å². The minimum absolute atomic E-state index is 0.0474. The van der Waals surface area contributed by atoms with Gasteiger partial charge in [0.1, 0.15) is 11.5 Å². The maximum Gasteiger partial charge on any atom is 0.336 e. The Labute approximate surface area is 282 Å². The van der Waals surface area contributed by atoms with E-state index in [0.717, 1.165) is 22.4 Å². The number of rotatable bonds is 11. The lowest BCUT2D eigenvalue weighted by atomic mass is 10.0. The largest absolute Gasteiger partial charge is 0.478 e. The van der Waals surface area contributed by atoms with E-state index in [2.05, 4.69) is 10.6 Å². The zero-order chi connectivity index (χ0) is 33.3. The van der Waals surface area contributed by atoms with Gasteiger partial charge < -0.3 is 35.1 Å². The first-order valence-corrected chi connectivity index (χ1v) is 16.4. The van der Waals surface area contributed by atoms with E-state index in [1.54, 1.807) is 54.6 Å². The third-order valence-corrected chi connectivity index (χ3v) is 8.89. The molecule has 2 amide bonds. The number of ether oxygens (including phenoxy) is 3. The van der Waals surface area contributed by atoms with Gasteiger partial charge in [0.2, 0.25) is 0 Å². The van der Waals surface area contributed by atoms with Crippen molar-refractivity contribution in [2.24, 2.45) is 0 Å². The molecular formula is C38H34N2O7S. The van der Waals surface area contributed by atoms with Crippen LogP contribution in [-0.4, -0.2) is 34.1 Å². The number of para-hydroxylation sites is 1. The van der Waals surface area contributed by atoms with E-state index in [1.165, 1.54) is 11.8 Å². The zero-order valence-electron chi connectivity index (χ0n) is 25.8. The van der Waals surface area contributed by atoms with Crippen LogP contribution in [0.5, 0.6) is 11.5 Å². The second-order valence-electron chi connectivity index (χ2n) is 11.1. The molecule has 0 aromatic heterocycles. The molecule has 9 nitrogen and oxygen atoms in total. The zero-order valence-corrected chi connectivity index (χ0v) is 26.6. The van der Waals surface area contributed by atoms with Crippen LogP contribution in [0, 0.1) is 0 Å². The topological polar surface area (TPSA) is 126 Å². The quantitative estimate of drug-likeness (QED) is 0.104. The number of aromatic carboxylic acids is 1. The van der Waals surface area contributed by atoms with Crippen molar-refractivity contribution < 1.29 is 34.0 Å². The van der Waals surface area contributed by atoms with Gasteiger partial charge in [0.25, 0.3) is 0 Å². The number of aliphatic hydroxyl groups excluding tert-OH is 1. The normalized spacial score (nSPS) is 17.3.